The first-order chi connectivity index (χ1) is 20.5. The van der Waals surface area contributed by atoms with Crippen LogP contribution in [0.3, 0.4) is 0 Å². The minimum atomic E-state index is -2.10. The summed E-state index contributed by atoms with van der Waals surface area (Å²) in [5, 5.41) is 5.72. The largest absolute Gasteiger partial charge is 0.255 e. The Balaban J connectivity index is 1.62. The monoisotopic (exact) mass is 603 g/mol. The lowest BCUT2D eigenvalue weighted by Gasteiger charge is -2.43. The molecule has 0 saturated heterocycles. The molecule has 2 aromatic heterocycles. The Bertz CT molecular complexity index is 1730. The predicted molar refractivity (Wildman–Crippen MR) is 193 cm³/mol. The summed E-state index contributed by atoms with van der Waals surface area (Å²) in [4.78, 5) is 5.14. The number of thiophene rings is 1. The molecule has 1 atom stereocenters. The van der Waals surface area contributed by atoms with Gasteiger partial charge in [0.1, 0.15) is 8.07 Å². The Labute approximate surface area is 264 Å². The van der Waals surface area contributed by atoms with Crippen LogP contribution < -0.4 is 9.69 Å². The minimum absolute atomic E-state index is 0.0450. The van der Waals surface area contributed by atoms with Crippen molar-refractivity contribution in [3.05, 3.63) is 90.1 Å². The van der Waals surface area contributed by atoms with Crippen molar-refractivity contribution in [3.63, 3.8) is 0 Å². The molecule has 0 amide bonds. The van der Waals surface area contributed by atoms with Crippen LogP contribution in [0.4, 0.5) is 0 Å². The molecule has 6 rings (SSSR count). The maximum atomic E-state index is 5.14. The Kier molecular flexibility index (Phi) is 8.19. The fourth-order valence-electron chi connectivity index (χ4n) is 7.76. The van der Waals surface area contributed by atoms with Crippen LogP contribution in [0.15, 0.2) is 79.0 Å². The molecule has 1 aliphatic carbocycles. The second kappa shape index (κ2) is 11.6. The predicted octanol–water partition coefficient (Wildman–Crippen LogP) is 11.1. The summed E-state index contributed by atoms with van der Waals surface area (Å²) in [5.41, 5.74) is 6.48. The van der Waals surface area contributed by atoms with E-state index in [2.05, 4.69) is 139 Å². The minimum Gasteiger partial charge on any atom is -0.255 e. The number of aryl methyl sites for hydroxylation is 1. The molecule has 2 heterocycles. The summed E-state index contributed by atoms with van der Waals surface area (Å²) in [6.07, 6.45) is 10.2. The van der Waals surface area contributed by atoms with Gasteiger partial charge in [-0.1, -0.05) is 140 Å². The Morgan fingerprint density at radius 3 is 2.21 bits per heavy atom. The SMILES string of the molecule is Cc1c([Si](CCC(C)(C)C)(c2ccccc2)C2CCCCC2)sc2c(-c3cc(C(C)(C)C)c4ccccc4c3)nccc12. The molecule has 0 radical (unpaired) electrons. The van der Waals surface area contributed by atoms with E-state index in [0.717, 1.165) is 11.2 Å². The van der Waals surface area contributed by atoms with Crippen LogP contribution in [-0.2, 0) is 5.41 Å². The highest BCUT2D eigenvalue weighted by Crippen LogP contribution is 2.45. The molecule has 1 fully saturated rings. The summed E-state index contributed by atoms with van der Waals surface area (Å²) >= 11 is 2.11. The van der Waals surface area contributed by atoms with Gasteiger partial charge in [0.15, 0.2) is 0 Å². The Morgan fingerprint density at radius 2 is 1.51 bits per heavy atom. The fraction of sp³-hybridized carbons (Fsp3) is 0.425. The first-order valence-corrected chi connectivity index (χ1v) is 19.6. The van der Waals surface area contributed by atoms with Crippen molar-refractivity contribution in [2.24, 2.45) is 5.41 Å². The molecule has 224 valence electrons. The third-order valence-electron chi connectivity index (χ3n) is 10.1. The number of pyridine rings is 1. The number of hydrogen-bond donors (Lipinski definition) is 0. The number of benzene rings is 3. The van der Waals surface area contributed by atoms with Crippen LogP contribution >= 0.6 is 11.3 Å². The summed E-state index contributed by atoms with van der Waals surface area (Å²) in [6.45, 7) is 16.7. The first kappa shape index (κ1) is 30.3. The van der Waals surface area contributed by atoms with Gasteiger partial charge in [0.05, 0.1) is 10.4 Å². The number of hydrogen-bond acceptors (Lipinski definition) is 2. The molecule has 0 aliphatic heterocycles. The maximum Gasteiger partial charge on any atom is 0.134 e. The second-order valence-corrected chi connectivity index (χ2v) is 21.0. The van der Waals surface area contributed by atoms with Gasteiger partial charge < -0.3 is 0 Å². The normalized spacial score (nSPS) is 16.5. The lowest BCUT2D eigenvalue weighted by atomic mass is 9.82. The third-order valence-corrected chi connectivity index (χ3v) is 18.1. The van der Waals surface area contributed by atoms with Gasteiger partial charge in [0.25, 0.3) is 0 Å². The molecule has 1 aliphatic rings. The van der Waals surface area contributed by atoms with Gasteiger partial charge in [-0.25, -0.2) is 0 Å². The summed E-state index contributed by atoms with van der Waals surface area (Å²) < 4.78 is 3.10. The molecular formula is C40H49NSSi. The van der Waals surface area contributed by atoms with E-state index in [1.165, 1.54) is 82.1 Å². The van der Waals surface area contributed by atoms with E-state index in [0.29, 0.717) is 5.41 Å². The van der Waals surface area contributed by atoms with Gasteiger partial charge in [0.2, 0.25) is 0 Å². The second-order valence-electron chi connectivity index (χ2n) is 15.3. The molecule has 5 aromatic rings. The van der Waals surface area contributed by atoms with Crippen molar-refractivity contribution in [1.29, 1.82) is 0 Å². The first-order valence-electron chi connectivity index (χ1n) is 16.5. The quantitative estimate of drug-likeness (QED) is 0.176. The van der Waals surface area contributed by atoms with Crippen molar-refractivity contribution in [3.8, 4) is 11.3 Å². The zero-order valence-corrected chi connectivity index (χ0v) is 29.2. The van der Waals surface area contributed by atoms with Gasteiger partial charge in [-0.3, -0.25) is 4.98 Å². The molecule has 3 heteroatoms. The molecule has 1 nitrogen and oxygen atoms in total. The topological polar surface area (TPSA) is 12.9 Å². The smallest absolute Gasteiger partial charge is 0.134 e. The van der Waals surface area contributed by atoms with E-state index >= 15 is 0 Å². The number of nitrogens with zero attached hydrogens (tertiary/aromatic N) is 1. The van der Waals surface area contributed by atoms with Crippen molar-refractivity contribution in [2.75, 3.05) is 0 Å². The van der Waals surface area contributed by atoms with Crippen LogP contribution in [-0.4, -0.2) is 13.1 Å². The van der Waals surface area contributed by atoms with Crippen molar-refractivity contribution in [1.82, 2.24) is 4.98 Å². The zero-order valence-electron chi connectivity index (χ0n) is 27.4. The number of aromatic nitrogens is 1. The summed E-state index contributed by atoms with van der Waals surface area (Å²) in [7, 11) is -2.10. The van der Waals surface area contributed by atoms with Crippen LogP contribution in [0.2, 0.25) is 11.6 Å². The standard InChI is InChI=1S/C40H49NSSi/c1-28-33-22-24-41-36(30-26-29-16-14-15-21-34(29)35(27-30)40(5,6)7)37(33)42-38(28)43(25-23-39(2,3)4,31-17-10-8-11-18-31)32-19-12-9-13-20-32/h8,10-11,14-18,21-22,24,26-27,32H,9,12-13,19-20,23,25H2,1-7H3. The van der Waals surface area contributed by atoms with Gasteiger partial charge in [-0.2, -0.15) is 0 Å². The molecule has 0 N–H and O–H groups in total. The van der Waals surface area contributed by atoms with Crippen molar-refractivity contribution in [2.45, 2.75) is 104 Å². The third kappa shape index (κ3) is 5.76. The van der Waals surface area contributed by atoms with Crippen LogP contribution in [0, 0.1) is 12.3 Å². The van der Waals surface area contributed by atoms with Gasteiger partial charge in [-0.05, 0) is 74.8 Å². The van der Waals surface area contributed by atoms with E-state index in [1.807, 2.05) is 0 Å². The molecular weight excluding hydrogens is 555 g/mol. The van der Waals surface area contributed by atoms with E-state index in [-0.39, 0.29) is 5.41 Å². The number of rotatable bonds is 6. The van der Waals surface area contributed by atoms with Gasteiger partial charge in [-0.15, -0.1) is 11.3 Å². The summed E-state index contributed by atoms with van der Waals surface area (Å²) in [5.74, 6) is 0. The zero-order chi connectivity index (χ0) is 30.4. The van der Waals surface area contributed by atoms with Crippen LogP contribution in [0.25, 0.3) is 32.1 Å². The highest BCUT2D eigenvalue weighted by Gasteiger charge is 2.47. The van der Waals surface area contributed by atoms with Crippen molar-refractivity contribution >= 4 is 50.0 Å². The lowest BCUT2D eigenvalue weighted by Crippen LogP contribution is -2.61. The molecule has 3 aromatic carbocycles. The van der Waals surface area contributed by atoms with Crippen molar-refractivity contribution < 1.29 is 0 Å². The molecule has 0 bridgehead atoms. The highest BCUT2D eigenvalue weighted by atomic mass is 32.1. The molecule has 0 spiro atoms. The van der Waals surface area contributed by atoms with E-state index in [9.17, 15) is 0 Å². The van der Waals surface area contributed by atoms with Crippen LogP contribution in [0.1, 0.15) is 91.2 Å². The fourth-order valence-corrected chi connectivity index (χ4v) is 17.2. The van der Waals surface area contributed by atoms with Gasteiger partial charge in [0, 0.05) is 16.3 Å². The van der Waals surface area contributed by atoms with E-state index in [1.54, 1.807) is 9.69 Å². The lowest BCUT2D eigenvalue weighted by molar-refractivity contribution is 0.393. The Morgan fingerprint density at radius 1 is 0.814 bits per heavy atom. The maximum absolute atomic E-state index is 5.14. The van der Waals surface area contributed by atoms with E-state index < -0.39 is 8.07 Å². The van der Waals surface area contributed by atoms with Crippen LogP contribution in [0.5, 0.6) is 0 Å². The molecule has 1 saturated carbocycles. The summed E-state index contributed by atoms with van der Waals surface area (Å²) in [6, 6.07) is 29.1. The average molecular weight is 604 g/mol. The van der Waals surface area contributed by atoms with E-state index in [4.69, 9.17) is 4.98 Å². The van der Waals surface area contributed by atoms with Gasteiger partial charge >= 0.3 is 0 Å². The highest BCUT2D eigenvalue weighted by molar-refractivity contribution is 7.34. The number of fused-ring (bicyclic) bond motifs is 2. The Hall–Kier alpha value is -2.75. The average Bonchev–Trinajstić information content (AvgIpc) is 3.33. The molecule has 1 unspecified atom stereocenters. The molecule has 43 heavy (non-hydrogen) atoms.